The second-order valence-electron chi connectivity index (χ2n) is 5.75. The lowest BCUT2D eigenvalue weighted by Crippen LogP contribution is -1.99. The highest BCUT2D eigenvalue weighted by atomic mass is 35.5. The molecule has 0 amide bonds. The highest BCUT2D eigenvalue weighted by molar-refractivity contribution is 6.28. The van der Waals surface area contributed by atoms with E-state index in [-0.39, 0.29) is 5.28 Å². The molecule has 0 spiro atoms. The topological polar surface area (TPSA) is 68.0 Å². The molecule has 2 aromatic carbocycles. The molecule has 0 aliphatic heterocycles. The maximum absolute atomic E-state index is 6.10. The van der Waals surface area contributed by atoms with Crippen molar-refractivity contribution in [1.82, 2.24) is 19.5 Å². The molecular weight excluding hydrogens is 348 g/mol. The van der Waals surface area contributed by atoms with E-state index in [2.05, 4.69) is 25.5 Å². The molecule has 2 heterocycles. The number of anilines is 1. The number of hydrogen-bond acceptors (Lipinski definition) is 5. The van der Waals surface area contributed by atoms with Gasteiger partial charge in [0.1, 0.15) is 6.33 Å². The summed E-state index contributed by atoms with van der Waals surface area (Å²) >= 11 is 6.10. The normalized spacial score (nSPS) is 11.3. The number of rotatable bonds is 4. The minimum atomic E-state index is 0.128. The van der Waals surface area contributed by atoms with Crippen LogP contribution in [0.5, 0.6) is 0 Å². The molecule has 2 aromatic heterocycles. The number of nitrogens with one attached hydrogen (secondary N) is 1. The number of aromatic nitrogens is 4. The Bertz CT molecular complexity index is 1090. The standard InChI is InChI=1S/C19H15ClN6/c1-13-6-5-7-14(10-13)11-22-25-17-16-18(24-19(20)23-17)26(12-21-16)15-8-3-2-4-9-15/h2-12H,1H3,(H,23,24,25). The van der Waals surface area contributed by atoms with E-state index in [1.54, 1.807) is 12.5 Å². The molecule has 0 unspecified atom stereocenters. The van der Waals surface area contributed by atoms with E-state index in [4.69, 9.17) is 11.6 Å². The fourth-order valence-corrected chi connectivity index (χ4v) is 2.81. The molecule has 26 heavy (non-hydrogen) atoms. The second kappa shape index (κ2) is 6.93. The van der Waals surface area contributed by atoms with Gasteiger partial charge in [0.2, 0.25) is 5.28 Å². The van der Waals surface area contributed by atoms with Gasteiger partial charge in [-0.05, 0) is 36.2 Å². The van der Waals surface area contributed by atoms with Gasteiger partial charge in [0.15, 0.2) is 17.0 Å². The van der Waals surface area contributed by atoms with Gasteiger partial charge >= 0.3 is 0 Å². The number of para-hydroxylation sites is 1. The van der Waals surface area contributed by atoms with Crippen LogP contribution in [0.15, 0.2) is 66.0 Å². The summed E-state index contributed by atoms with van der Waals surface area (Å²) in [5.41, 5.74) is 7.23. The summed E-state index contributed by atoms with van der Waals surface area (Å²) in [6.45, 7) is 2.04. The zero-order valence-corrected chi connectivity index (χ0v) is 14.7. The molecule has 0 atom stereocenters. The Balaban J connectivity index is 1.69. The van der Waals surface area contributed by atoms with Crippen LogP contribution in [0, 0.1) is 6.92 Å². The fourth-order valence-electron chi connectivity index (χ4n) is 2.65. The van der Waals surface area contributed by atoms with Crippen molar-refractivity contribution in [2.24, 2.45) is 5.10 Å². The zero-order chi connectivity index (χ0) is 17.9. The van der Waals surface area contributed by atoms with Crippen LogP contribution in [-0.4, -0.2) is 25.7 Å². The van der Waals surface area contributed by atoms with Crippen LogP contribution in [0.25, 0.3) is 16.9 Å². The van der Waals surface area contributed by atoms with E-state index in [1.807, 2.05) is 66.1 Å². The van der Waals surface area contributed by atoms with Crippen LogP contribution < -0.4 is 5.43 Å². The number of imidazole rings is 1. The van der Waals surface area contributed by atoms with Crippen molar-refractivity contribution in [2.75, 3.05) is 5.43 Å². The van der Waals surface area contributed by atoms with Crippen LogP contribution in [0.3, 0.4) is 0 Å². The molecule has 4 aromatic rings. The molecule has 0 aliphatic carbocycles. The lowest BCUT2D eigenvalue weighted by atomic mass is 10.2. The molecule has 0 saturated heterocycles. The Morgan fingerprint density at radius 2 is 1.92 bits per heavy atom. The van der Waals surface area contributed by atoms with Gasteiger partial charge in [-0.25, -0.2) is 4.98 Å². The van der Waals surface area contributed by atoms with Crippen molar-refractivity contribution in [3.05, 3.63) is 77.3 Å². The highest BCUT2D eigenvalue weighted by Crippen LogP contribution is 2.23. The first-order chi connectivity index (χ1) is 12.7. The number of halogens is 1. The molecule has 128 valence electrons. The van der Waals surface area contributed by atoms with Crippen LogP contribution >= 0.6 is 11.6 Å². The van der Waals surface area contributed by atoms with Gasteiger partial charge in [-0.1, -0.05) is 48.0 Å². The van der Waals surface area contributed by atoms with E-state index in [1.165, 1.54) is 5.56 Å². The van der Waals surface area contributed by atoms with Gasteiger partial charge in [0.05, 0.1) is 6.21 Å². The Morgan fingerprint density at radius 1 is 1.08 bits per heavy atom. The number of hydrazone groups is 1. The summed E-state index contributed by atoms with van der Waals surface area (Å²) in [7, 11) is 0. The van der Waals surface area contributed by atoms with Gasteiger partial charge < -0.3 is 0 Å². The van der Waals surface area contributed by atoms with E-state index in [0.29, 0.717) is 17.0 Å². The van der Waals surface area contributed by atoms with E-state index in [0.717, 1.165) is 11.3 Å². The summed E-state index contributed by atoms with van der Waals surface area (Å²) in [6, 6.07) is 17.8. The monoisotopic (exact) mass is 362 g/mol. The average Bonchev–Trinajstić information content (AvgIpc) is 3.06. The summed E-state index contributed by atoms with van der Waals surface area (Å²) < 4.78 is 1.86. The summed E-state index contributed by atoms with van der Waals surface area (Å²) in [5, 5.41) is 4.38. The van der Waals surface area contributed by atoms with Gasteiger partial charge in [0, 0.05) is 5.69 Å². The number of fused-ring (bicyclic) bond motifs is 1. The smallest absolute Gasteiger partial charge is 0.226 e. The van der Waals surface area contributed by atoms with Gasteiger partial charge in [0.25, 0.3) is 0 Å². The maximum atomic E-state index is 6.10. The third-order valence-corrected chi connectivity index (χ3v) is 4.00. The first-order valence-electron chi connectivity index (χ1n) is 8.02. The van der Waals surface area contributed by atoms with Crippen molar-refractivity contribution in [3.63, 3.8) is 0 Å². The number of hydrogen-bond donors (Lipinski definition) is 1. The first-order valence-corrected chi connectivity index (χ1v) is 8.40. The predicted octanol–water partition coefficient (Wildman–Crippen LogP) is 4.22. The number of aryl methyl sites for hydroxylation is 1. The number of nitrogens with zero attached hydrogens (tertiary/aromatic N) is 5. The lowest BCUT2D eigenvalue weighted by Gasteiger charge is -2.05. The first kappa shape index (κ1) is 16.2. The minimum Gasteiger partial charge on any atom is -0.283 e. The molecule has 0 fully saturated rings. The average molecular weight is 363 g/mol. The molecule has 4 rings (SSSR count). The van der Waals surface area contributed by atoms with Crippen LogP contribution in [0.1, 0.15) is 11.1 Å². The Kier molecular flexibility index (Phi) is 4.33. The molecule has 0 bridgehead atoms. The van der Waals surface area contributed by atoms with Crippen molar-refractivity contribution in [2.45, 2.75) is 6.92 Å². The molecule has 0 radical (unpaired) electrons. The van der Waals surface area contributed by atoms with Crippen molar-refractivity contribution < 1.29 is 0 Å². The van der Waals surface area contributed by atoms with Gasteiger partial charge in [-0.15, -0.1) is 0 Å². The van der Waals surface area contributed by atoms with Crippen molar-refractivity contribution >= 4 is 34.8 Å². The van der Waals surface area contributed by atoms with Gasteiger partial charge in [-0.2, -0.15) is 15.1 Å². The quantitative estimate of drug-likeness (QED) is 0.335. The zero-order valence-electron chi connectivity index (χ0n) is 14.0. The molecule has 6 nitrogen and oxygen atoms in total. The summed E-state index contributed by atoms with van der Waals surface area (Å²) in [4.78, 5) is 12.9. The minimum absolute atomic E-state index is 0.128. The van der Waals surface area contributed by atoms with Crippen LogP contribution in [0.4, 0.5) is 5.82 Å². The van der Waals surface area contributed by atoms with Crippen LogP contribution in [-0.2, 0) is 0 Å². The highest BCUT2D eigenvalue weighted by Gasteiger charge is 2.13. The third kappa shape index (κ3) is 3.27. The molecule has 0 aliphatic rings. The SMILES string of the molecule is Cc1cccc(C=NNc2nc(Cl)nc3c2ncn3-c2ccccc2)c1. The predicted molar refractivity (Wildman–Crippen MR) is 104 cm³/mol. The van der Waals surface area contributed by atoms with Crippen molar-refractivity contribution in [1.29, 1.82) is 0 Å². The van der Waals surface area contributed by atoms with Gasteiger partial charge in [-0.3, -0.25) is 9.99 Å². The molecule has 7 heteroatoms. The van der Waals surface area contributed by atoms with E-state index >= 15 is 0 Å². The molecular formula is C19H15ClN6. The Hall–Kier alpha value is -3.25. The lowest BCUT2D eigenvalue weighted by molar-refractivity contribution is 1.06. The van der Waals surface area contributed by atoms with Crippen LogP contribution in [0.2, 0.25) is 5.28 Å². The Morgan fingerprint density at radius 3 is 2.73 bits per heavy atom. The molecule has 0 saturated carbocycles. The molecule has 1 N–H and O–H groups in total. The largest absolute Gasteiger partial charge is 0.283 e. The number of benzene rings is 2. The summed E-state index contributed by atoms with van der Waals surface area (Å²) in [5.74, 6) is 0.457. The Labute approximate surface area is 155 Å². The third-order valence-electron chi connectivity index (χ3n) is 3.83. The van der Waals surface area contributed by atoms with E-state index in [9.17, 15) is 0 Å². The van der Waals surface area contributed by atoms with E-state index < -0.39 is 0 Å². The summed E-state index contributed by atoms with van der Waals surface area (Å²) in [6.07, 6.45) is 3.42. The maximum Gasteiger partial charge on any atom is 0.226 e. The fraction of sp³-hybridized carbons (Fsp3) is 0.0526. The second-order valence-corrected chi connectivity index (χ2v) is 6.09. The van der Waals surface area contributed by atoms with Crippen molar-refractivity contribution in [3.8, 4) is 5.69 Å².